The van der Waals surface area contributed by atoms with E-state index in [1.54, 1.807) is 13.8 Å². The molecule has 2 aromatic rings. The zero-order valence-electron chi connectivity index (χ0n) is 12.5. The third kappa shape index (κ3) is 3.89. The highest BCUT2D eigenvalue weighted by atomic mass is 32.2. The van der Waals surface area contributed by atoms with Gasteiger partial charge >= 0.3 is 5.97 Å². The summed E-state index contributed by atoms with van der Waals surface area (Å²) >= 11 is 0. The molecule has 8 heteroatoms. The van der Waals surface area contributed by atoms with Crippen LogP contribution < -0.4 is 0 Å². The zero-order valence-corrected chi connectivity index (χ0v) is 13.4. The van der Waals surface area contributed by atoms with Crippen LogP contribution in [0.1, 0.15) is 41.6 Å². The lowest BCUT2D eigenvalue weighted by atomic mass is 9.98. The SMILES string of the molecule is CC(C)c1nc(C[SH](=O)=O)nc(-c2ccc(F)cc2)c1C(=O)O. The molecule has 0 aliphatic heterocycles. The second kappa shape index (κ2) is 6.82. The molecule has 0 aliphatic rings. The molecule has 1 aromatic heterocycles. The number of nitrogens with zero attached hydrogens (tertiary/aromatic N) is 2. The molecular weight excluding hydrogens is 323 g/mol. The van der Waals surface area contributed by atoms with Gasteiger partial charge in [-0.15, -0.1) is 0 Å². The van der Waals surface area contributed by atoms with Crippen molar-refractivity contribution < 1.29 is 22.7 Å². The van der Waals surface area contributed by atoms with Gasteiger partial charge in [0, 0.05) is 5.56 Å². The number of aromatic nitrogens is 2. The van der Waals surface area contributed by atoms with E-state index in [4.69, 9.17) is 0 Å². The smallest absolute Gasteiger partial charge is 0.339 e. The molecule has 2 rings (SSSR count). The Hall–Kier alpha value is -2.35. The molecule has 1 N–H and O–H groups in total. The van der Waals surface area contributed by atoms with Crippen molar-refractivity contribution >= 4 is 16.7 Å². The monoisotopic (exact) mass is 338 g/mol. The Balaban J connectivity index is 2.76. The number of hydrogen-bond acceptors (Lipinski definition) is 5. The summed E-state index contributed by atoms with van der Waals surface area (Å²) in [7, 11) is -2.75. The first-order valence-electron chi connectivity index (χ1n) is 6.81. The van der Waals surface area contributed by atoms with Crippen molar-refractivity contribution in [1.82, 2.24) is 9.97 Å². The molecule has 6 nitrogen and oxygen atoms in total. The number of carbonyl (C=O) groups is 1. The van der Waals surface area contributed by atoms with Gasteiger partial charge in [0.15, 0.2) is 0 Å². The van der Waals surface area contributed by atoms with E-state index in [-0.39, 0.29) is 34.4 Å². The van der Waals surface area contributed by atoms with E-state index in [1.165, 1.54) is 24.3 Å². The highest BCUT2D eigenvalue weighted by Crippen LogP contribution is 2.28. The van der Waals surface area contributed by atoms with Crippen LogP contribution in [0.5, 0.6) is 0 Å². The Labute approximate surface area is 134 Å². The van der Waals surface area contributed by atoms with Gasteiger partial charge in [0.25, 0.3) is 0 Å². The first kappa shape index (κ1) is 17.0. The molecule has 0 spiro atoms. The van der Waals surface area contributed by atoms with Gasteiger partial charge in [-0.2, -0.15) is 0 Å². The molecule has 122 valence electrons. The van der Waals surface area contributed by atoms with Gasteiger partial charge in [0.05, 0.1) is 11.4 Å². The van der Waals surface area contributed by atoms with Gasteiger partial charge in [0.1, 0.15) is 33.7 Å². The molecule has 0 amide bonds. The average Bonchev–Trinajstić information content (AvgIpc) is 2.46. The predicted octanol–water partition coefficient (Wildman–Crippen LogP) is 2.22. The van der Waals surface area contributed by atoms with Crippen molar-refractivity contribution in [3.63, 3.8) is 0 Å². The standard InChI is InChI=1S/C15H15FN2O4S/c1-8(2)13-12(15(19)20)14(9-3-5-10(16)6-4-9)18-11(17-13)7-23(21)22/h3-6,8,23H,7H2,1-2H3,(H,19,20). The van der Waals surface area contributed by atoms with Crippen LogP contribution in [0, 0.1) is 5.82 Å². The summed E-state index contributed by atoms with van der Waals surface area (Å²) in [5.41, 5.74) is 0.619. The van der Waals surface area contributed by atoms with Crippen molar-refractivity contribution in [1.29, 1.82) is 0 Å². The van der Waals surface area contributed by atoms with Crippen LogP contribution in [-0.2, 0) is 16.5 Å². The topological polar surface area (TPSA) is 97.2 Å². The molecular formula is C15H15FN2O4S. The molecule has 0 saturated carbocycles. The Morgan fingerprint density at radius 3 is 2.30 bits per heavy atom. The van der Waals surface area contributed by atoms with Crippen LogP contribution in [0.2, 0.25) is 0 Å². The van der Waals surface area contributed by atoms with Gasteiger partial charge in [0.2, 0.25) is 0 Å². The molecule has 0 bridgehead atoms. The maximum Gasteiger partial charge on any atom is 0.339 e. The molecule has 0 radical (unpaired) electrons. The van der Waals surface area contributed by atoms with Crippen molar-refractivity contribution in [2.24, 2.45) is 0 Å². The number of carboxylic acid groups (broad SMARTS) is 1. The lowest BCUT2D eigenvalue weighted by Crippen LogP contribution is -2.14. The summed E-state index contributed by atoms with van der Waals surface area (Å²) in [5.74, 6) is -2.29. The molecule has 1 aromatic carbocycles. The molecule has 1 heterocycles. The molecule has 0 atom stereocenters. The molecule has 23 heavy (non-hydrogen) atoms. The minimum Gasteiger partial charge on any atom is -0.478 e. The molecule has 0 saturated heterocycles. The van der Waals surface area contributed by atoms with E-state index in [0.717, 1.165) is 0 Å². The van der Waals surface area contributed by atoms with Crippen LogP contribution in [0.4, 0.5) is 4.39 Å². The number of rotatable bonds is 5. The quantitative estimate of drug-likeness (QED) is 0.811. The van der Waals surface area contributed by atoms with Crippen LogP contribution in [-0.4, -0.2) is 29.5 Å². The first-order chi connectivity index (χ1) is 10.8. The number of thiol groups is 1. The van der Waals surface area contributed by atoms with Gasteiger partial charge < -0.3 is 5.11 Å². The Kier molecular flexibility index (Phi) is 5.05. The Bertz CT molecular complexity index is 809. The summed E-state index contributed by atoms with van der Waals surface area (Å²) in [6.45, 7) is 3.51. The average molecular weight is 338 g/mol. The van der Waals surface area contributed by atoms with Gasteiger partial charge in [-0.3, -0.25) is 0 Å². The fourth-order valence-corrected chi connectivity index (χ4v) is 2.53. The van der Waals surface area contributed by atoms with Gasteiger partial charge in [-0.05, 0) is 30.2 Å². The fourth-order valence-electron chi connectivity index (χ4n) is 2.16. The van der Waals surface area contributed by atoms with Crippen LogP contribution in [0.3, 0.4) is 0 Å². The van der Waals surface area contributed by atoms with Crippen molar-refractivity contribution in [3.05, 3.63) is 47.2 Å². The fraction of sp³-hybridized carbons (Fsp3) is 0.267. The van der Waals surface area contributed by atoms with Crippen LogP contribution in [0.15, 0.2) is 24.3 Å². The number of carboxylic acids is 1. The highest BCUT2D eigenvalue weighted by Gasteiger charge is 2.23. The van der Waals surface area contributed by atoms with Crippen LogP contribution in [0.25, 0.3) is 11.3 Å². The van der Waals surface area contributed by atoms with Gasteiger partial charge in [-0.25, -0.2) is 27.6 Å². The zero-order chi connectivity index (χ0) is 17.1. The minimum atomic E-state index is -2.75. The van der Waals surface area contributed by atoms with E-state index < -0.39 is 22.5 Å². The number of aromatic carboxylic acids is 1. The second-order valence-electron chi connectivity index (χ2n) is 5.21. The molecule has 0 aliphatic carbocycles. The first-order valence-corrected chi connectivity index (χ1v) is 8.17. The van der Waals surface area contributed by atoms with Gasteiger partial charge in [-0.1, -0.05) is 13.8 Å². The Morgan fingerprint density at radius 1 is 1.22 bits per heavy atom. The maximum absolute atomic E-state index is 13.1. The summed E-state index contributed by atoms with van der Waals surface area (Å²) in [6.07, 6.45) is 0. The van der Waals surface area contributed by atoms with E-state index in [9.17, 15) is 22.7 Å². The summed E-state index contributed by atoms with van der Waals surface area (Å²) in [4.78, 5) is 19.8. The lowest BCUT2D eigenvalue weighted by Gasteiger charge is -2.14. The maximum atomic E-state index is 13.1. The minimum absolute atomic E-state index is 0.0223. The van der Waals surface area contributed by atoms with E-state index in [1.807, 2.05) is 0 Å². The second-order valence-corrected chi connectivity index (χ2v) is 6.19. The summed E-state index contributed by atoms with van der Waals surface area (Å²) in [6, 6.07) is 5.17. The van der Waals surface area contributed by atoms with E-state index in [2.05, 4.69) is 9.97 Å². The van der Waals surface area contributed by atoms with E-state index in [0.29, 0.717) is 5.56 Å². The van der Waals surface area contributed by atoms with Crippen molar-refractivity contribution in [2.75, 3.05) is 0 Å². The van der Waals surface area contributed by atoms with Crippen LogP contribution >= 0.6 is 0 Å². The number of hydrogen-bond donors (Lipinski definition) is 2. The van der Waals surface area contributed by atoms with Crippen molar-refractivity contribution in [2.45, 2.75) is 25.5 Å². The molecule has 0 fully saturated rings. The largest absolute Gasteiger partial charge is 0.478 e. The summed E-state index contributed by atoms with van der Waals surface area (Å²) in [5, 5.41) is 9.51. The number of benzene rings is 1. The molecule has 0 unspecified atom stereocenters. The highest BCUT2D eigenvalue weighted by molar-refractivity contribution is 7.71. The Morgan fingerprint density at radius 2 is 1.83 bits per heavy atom. The van der Waals surface area contributed by atoms with E-state index >= 15 is 0 Å². The third-order valence-corrected chi connectivity index (χ3v) is 3.67. The predicted molar refractivity (Wildman–Crippen MR) is 82.5 cm³/mol. The summed E-state index contributed by atoms with van der Waals surface area (Å²) < 4.78 is 35.0. The van der Waals surface area contributed by atoms with Crippen molar-refractivity contribution in [3.8, 4) is 11.3 Å². The third-order valence-electron chi connectivity index (χ3n) is 3.13. The normalized spacial score (nSPS) is 11.2. The number of halogens is 1. The lowest BCUT2D eigenvalue weighted by molar-refractivity contribution is 0.0695.